The fraction of sp³-hybridized carbons (Fsp3) is 0.485. The molecule has 2 aromatic heterocycles. The standard InChI is InChI=1S/C33H34F3N5O3/c1-2-22-25(35)5-4-18-10-21(42)11-23(27(18)22)29-28(36)30-24(13-37-29)31(40-14-19-6-9-43-26(19)16-40)39-32(38-30)44-17-33-7-3-8-41(33)15-20(34)12-33/h4-5,10-11,13,19-20,26,42H,2-3,6-9,12,14-17H2,1H3/t19?,20?,26?,33-/m0/s1. The molecule has 4 saturated heterocycles. The van der Waals surface area contributed by atoms with E-state index in [4.69, 9.17) is 14.5 Å². The lowest BCUT2D eigenvalue weighted by Crippen LogP contribution is -2.43. The van der Waals surface area contributed by atoms with Crippen LogP contribution in [0.25, 0.3) is 32.9 Å². The van der Waals surface area contributed by atoms with E-state index in [-0.39, 0.29) is 41.2 Å². The van der Waals surface area contributed by atoms with Crippen LogP contribution in [0.2, 0.25) is 0 Å². The number of pyridine rings is 1. The summed E-state index contributed by atoms with van der Waals surface area (Å²) in [5, 5.41) is 12.1. The average molecular weight is 606 g/mol. The van der Waals surface area contributed by atoms with Crippen LogP contribution >= 0.6 is 0 Å². The van der Waals surface area contributed by atoms with Crippen molar-refractivity contribution in [1.82, 2.24) is 19.9 Å². The zero-order valence-electron chi connectivity index (χ0n) is 24.5. The Morgan fingerprint density at radius 1 is 1.16 bits per heavy atom. The number of nitrogens with zero attached hydrogens (tertiary/aromatic N) is 5. The van der Waals surface area contributed by atoms with Gasteiger partial charge in [-0.15, -0.1) is 0 Å². The fourth-order valence-corrected chi connectivity index (χ4v) is 8.05. The third kappa shape index (κ3) is 4.38. The molecule has 0 saturated carbocycles. The minimum Gasteiger partial charge on any atom is -0.508 e. The molecule has 230 valence electrons. The number of phenolic OH excluding ortho intramolecular Hbond substituents is 1. The van der Waals surface area contributed by atoms with E-state index in [9.17, 15) is 13.9 Å². The van der Waals surface area contributed by atoms with Gasteiger partial charge in [0, 0.05) is 50.3 Å². The highest BCUT2D eigenvalue weighted by atomic mass is 19.1. The predicted octanol–water partition coefficient (Wildman–Crippen LogP) is 5.57. The van der Waals surface area contributed by atoms with Crippen molar-refractivity contribution in [3.63, 3.8) is 0 Å². The van der Waals surface area contributed by atoms with Gasteiger partial charge in [-0.3, -0.25) is 9.88 Å². The minimum atomic E-state index is -0.906. The van der Waals surface area contributed by atoms with Crippen molar-refractivity contribution in [2.45, 2.75) is 56.8 Å². The van der Waals surface area contributed by atoms with Crippen LogP contribution in [0.1, 0.15) is 38.2 Å². The first-order valence-electron chi connectivity index (χ1n) is 15.5. The highest BCUT2D eigenvalue weighted by molar-refractivity contribution is 6.01. The molecule has 4 fully saturated rings. The van der Waals surface area contributed by atoms with Gasteiger partial charge >= 0.3 is 6.01 Å². The number of phenols is 1. The molecule has 0 bridgehead atoms. The average Bonchev–Trinajstić information content (AvgIpc) is 3.77. The summed E-state index contributed by atoms with van der Waals surface area (Å²) in [6.07, 6.45) is 4.23. The van der Waals surface area contributed by atoms with E-state index in [0.717, 1.165) is 32.4 Å². The van der Waals surface area contributed by atoms with Crippen LogP contribution in [-0.2, 0) is 11.2 Å². The Hall–Kier alpha value is -3.70. The Bertz CT molecular complexity index is 1780. The van der Waals surface area contributed by atoms with Crippen LogP contribution < -0.4 is 9.64 Å². The number of benzene rings is 2. The van der Waals surface area contributed by atoms with Crippen LogP contribution in [0.5, 0.6) is 11.8 Å². The van der Waals surface area contributed by atoms with Gasteiger partial charge in [0.05, 0.1) is 17.0 Å². The summed E-state index contributed by atoms with van der Waals surface area (Å²) >= 11 is 0. The second-order valence-electron chi connectivity index (χ2n) is 12.7. The first-order chi connectivity index (χ1) is 21.3. The summed E-state index contributed by atoms with van der Waals surface area (Å²) in [5.74, 6) is -0.333. The maximum absolute atomic E-state index is 16.7. The molecular weight excluding hydrogens is 571 g/mol. The van der Waals surface area contributed by atoms with Gasteiger partial charge in [-0.1, -0.05) is 13.0 Å². The molecule has 44 heavy (non-hydrogen) atoms. The van der Waals surface area contributed by atoms with Gasteiger partial charge < -0.3 is 19.5 Å². The lowest BCUT2D eigenvalue weighted by atomic mass is 9.94. The van der Waals surface area contributed by atoms with Crippen molar-refractivity contribution in [2.75, 3.05) is 44.3 Å². The lowest BCUT2D eigenvalue weighted by molar-refractivity contribution is 0.107. The molecule has 4 aliphatic rings. The molecule has 3 unspecified atom stereocenters. The zero-order chi connectivity index (χ0) is 30.2. The maximum Gasteiger partial charge on any atom is 0.319 e. The Labute approximate surface area is 252 Å². The van der Waals surface area contributed by atoms with Crippen molar-refractivity contribution < 1.29 is 27.8 Å². The number of rotatable bonds is 6. The van der Waals surface area contributed by atoms with Gasteiger partial charge in [0.15, 0.2) is 5.82 Å². The molecule has 4 atom stereocenters. The summed E-state index contributed by atoms with van der Waals surface area (Å²) in [7, 11) is 0. The van der Waals surface area contributed by atoms with Crippen LogP contribution in [0, 0.1) is 17.6 Å². The van der Waals surface area contributed by atoms with E-state index in [1.807, 2.05) is 6.92 Å². The number of hydrogen-bond acceptors (Lipinski definition) is 8. The molecule has 8 nitrogen and oxygen atoms in total. The van der Waals surface area contributed by atoms with E-state index in [0.29, 0.717) is 65.9 Å². The fourth-order valence-electron chi connectivity index (χ4n) is 8.05. The maximum atomic E-state index is 16.7. The van der Waals surface area contributed by atoms with Gasteiger partial charge in [-0.25, -0.2) is 13.2 Å². The minimum absolute atomic E-state index is 0.0196. The van der Waals surface area contributed by atoms with Crippen molar-refractivity contribution in [3.8, 4) is 23.0 Å². The van der Waals surface area contributed by atoms with E-state index in [1.54, 1.807) is 12.3 Å². The molecule has 2 aromatic carbocycles. The number of halogens is 3. The smallest absolute Gasteiger partial charge is 0.319 e. The molecule has 11 heteroatoms. The Kier molecular flexibility index (Phi) is 6.60. The van der Waals surface area contributed by atoms with Crippen molar-refractivity contribution in [3.05, 3.63) is 47.7 Å². The predicted molar refractivity (Wildman–Crippen MR) is 160 cm³/mol. The molecule has 4 aromatic rings. The summed E-state index contributed by atoms with van der Waals surface area (Å²) in [6, 6.07) is 5.89. The highest BCUT2D eigenvalue weighted by Crippen LogP contribution is 2.42. The van der Waals surface area contributed by atoms with Crippen LogP contribution in [0.3, 0.4) is 0 Å². The monoisotopic (exact) mass is 605 g/mol. The first kappa shape index (κ1) is 27.8. The molecule has 0 aliphatic carbocycles. The quantitative estimate of drug-likeness (QED) is 0.306. The number of aromatic nitrogens is 3. The third-order valence-electron chi connectivity index (χ3n) is 10.1. The number of ether oxygens (including phenoxy) is 2. The topological polar surface area (TPSA) is 83.8 Å². The van der Waals surface area contributed by atoms with Gasteiger partial charge in [0.2, 0.25) is 0 Å². The number of anilines is 1. The largest absolute Gasteiger partial charge is 0.508 e. The molecule has 4 aliphatic heterocycles. The number of hydrogen-bond donors (Lipinski definition) is 1. The van der Waals surface area contributed by atoms with Crippen molar-refractivity contribution in [1.29, 1.82) is 0 Å². The van der Waals surface area contributed by atoms with Gasteiger partial charge in [-0.05, 0) is 66.8 Å². The van der Waals surface area contributed by atoms with Crippen LogP contribution in [0.4, 0.5) is 19.0 Å². The van der Waals surface area contributed by atoms with Gasteiger partial charge in [0.25, 0.3) is 0 Å². The van der Waals surface area contributed by atoms with E-state index < -0.39 is 23.3 Å². The molecule has 6 heterocycles. The molecule has 0 spiro atoms. The summed E-state index contributed by atoms with van der Waals surface area (Å²) < 4.78 is 58.3. The molecule has 0 radical (unpaired) electrons. The van der Waals surface area contributed by atoms with E-state index in [2.05, 4.69) is 19.8 Å². The highest BCUT2D eigenvalue weighted by Gasteiger charge is 2.49. The normalized spacial score (nSPS) is 26.6. The summed E-state index contributed by atoms with van der Waals surface area (Å²) in [6.45, 7) is 5.31. The molecular formula is C33H34F3N5O3. The number of fused-ring (bicyclic) bond motifs is 4. The molecule has 1 N–H and O–H groups in total. The van der Waals surface area contributed by atoms with Gasteiger partial charge in [-0.2, -0.15) is 9.97 Å². The SMILES string of the molecule is CCc1c(F)ccc2cc(O)cc(-c3ncc4c(N5CC6CCOC6C5)nc(OC[C@@]56CCCN5CC(F)C6)nc4c3F)c12. The second-order valence-corrected chi connectivity index (χ2v) is 12.7. The Morgan fingerprint density at radius 2 is 2.05 bits per heavy atom. The first-order valence-corrected chi connectivity index (χ1v) is 15.5. The summed E-state index contributed by atoms with van der Waals surface area (Å²) in [5.41, 5.74) is 0.252. The number of aromatic hydroxyl groups is 1. The third-order valence-corrected chi connectivity index (χ3v) is 10.1. The number of alkyl halides is 1. The van der Waals surface area contributed by atoms with Crippen molar-refractivity contribution >= 4 is 27.5 Å². The van der Waals surface area contributed by atoms with E-state index >= 15 is 4.39 Å². The van der Waals surface area contributed by atoms with E-state index in [1.165, 1.54) is 18.2 Å². The van der Waals surface area contributed by atoms with Crippen molar-refractivity contribution in [2.24, 2.45) is 5.92 Å². The zero-order valence-corrected chi connectivity index (χ0v) is 24.5. The van der Waals surface area contributed by atoms with Crippen LogP contribution in [-0.4, -0.2) is 82.2 Å². The number of aryl methyl sites for hydroxylation is 1. The molecule has 8 rings (SSSR count). The Morgan fingerprint density at radius 3 is 2.89 bits per heavy atom. The Balaban J connectivity index is 1.26. The summed E-state index contributed by atoms with van der Waals surface area (Å²) in [4.78, 5) is 18.1. The van der Waals surface area contributed by atoms with Crippen LogP contribution in [0.15, 0.2) is 30.5 Å². The lowest BCUT2D eigenvalue weighted by Gasteiger charge is -2.31. The second kappa shape index (κ2) is 10.4. The molecule has 0 amide bonds. The van der Waals surface area contributed by atoms with Gasteiger partial charge in [0.1, 0.15) is 41.4 Å².